The molecule has 0 aliphatic carbocycles. The molecule has 7 nitrogen and oxygen atoms in total. The van der Waals surface area contributed by atoms with Crippen LogP contribution in [-0.2, 0) is 0 Å². The predicted molar refractivity (Wildman–Crippen MR) is 133 cm³/mol. The number of methoxy groups -OCH3 is 2. The van der Waals surface area contributed by atoms with Crippen molar-refractivity contribution in [3.8, 4) is 28.6 Å². The molecule has 0 fully saturated rings. The molecule has 0 N–H and O–H groups in total. The third kappa shape index (κ3) is 4.82. The number of benzene rings is 2. The first-order chi connectivity index (χ1) is 16.5. The average Bonchev–Trinajstić information content (AvgIpc) is 3.31. The highest BCUT2D eigenvalue weighted by atomic mass is 32.2. The smallest absolute Gasteiger partial charge is 0.196 e. The fraction of sp³-hybridized carbons (Fsp3) is 0.231. The van der Waals surface area contributed by atoms with Gasteiger partial charge in [0.1, 0.15) is 0 Å². The van der Waals surface area contributed by atoms with Crippen LogP contribution < -0.4 is 9.47 Å². The third-order valence-electron chi connectivity index (χ3n) is 5.39. The van der Waals surface area contributed by atoms with E-state index in [1.807, 2.05) is 28.8 Å². The number of carbonyl (C=O) groups is 1. The number of ether oxygens (including phenoxy) is 2. The topological polar surface area (TPSA) is 79.1 Å². The summed E-state index contributed by atoms with van der Waals surface area (Å²) in [5.41, 5.74) is 3.56. The van der Waals surface area contributed by atoms with Crippen LogP contribution in [0.2, 0.25) is 0 Å². The minimum Gasteiger partial charge on any atom is -0.493 e. The fourth-order valence-electron chi connectivity index (χ4n) is 3.67. The van der Waals surface area contributed by atoms with E-state index in [9.17, 15) is 4.79 Å². The van der Waals surface area contributed by atoms with Gasteiger partial charge in [-0.25, -0.2) is 0 Å². The standard InChI is InChI=1S/C26H26N4O3S/c1-17(2)20-9-5-6-10-21(20)30-25(19-8-7-13-27-15-19)28-29-26(30)34-16-22(31)18-11-12-23(32-3)24(14-18)33-4/h5-15,17H,16H2,1-4H3. The number of hydrogen-bond acceptors (Lipinski definition) is 7. The first kappa shape index (κ1) is 23.5. The lowest BCUT2D eigenvalue weighted by Crippen LogP contribution is -2.07. The summed E-state index contributed by atoms with van der Waals surface area (Å²) >= 11 is 1.35. The van der Waals surface area contributed by atoms with Gasteiger partial charge in [-0.1, -0.05) is 43.8 Å². The van der Waals surface area contributed by atoms with Crippen molar-refractivity contribution in [3.05, 3.63) is 78.1 Å². The maximum atomic E-state index is 13.0. The van der Waals surface area contributed by atoms with Crippen LogP contribution in [0.5, 0.6) is 11.5 Å². The molecule has 0 aliphatic rings. The van der Waals surface area contributed by atoms with E-state index < -0.39 is 0 Å². The molecule has 0 radical (unpaired) electrons. The van der Waals surface area contributed by atoms with Crippen molar-refractivity contribution in [2.75, 3.05) is 20.0 Å². The molecule has 0 amide bonds. The molecule has 4 aromatic rings. The Labute approximate surface area is 203 Å². The molecule has 0 saturated carbocycles. The Morgan fingerprint density at radius 3 is 2.50 bits per heavy atom. The second kappa shape index (κ2) is 10.5. The van der Waals surface area contributed by atoms with Gasteiger partial charge < -0.3 is 9.47 Å². The van der Waals surface area contributed by atoms with Gasteiger partial charge >= 0.3 is 0 Å². The van der Waals surface area contributed by atoms with E-state index in [2.05, 4.69) is 41.2 Å². The maximum absolute atomic E-state index is 13.0. The molecule has 34 heavy (non-hydrogen) atoms. The molecule has 0 bridgehead atoms. The Morgan fingerprint density at radius 1 is 1.00 bits per heavy atom. The molecule has 174 valence electrons. The lowest BCUT2D eigenvalue weighted by molar-refractivity contribution is 0.102. The number of para-hydroxylation sites is 1. The Morgan fingerprint density at radius 2 is 1.79 bits per heavy atom. The van der Waals surface area contributed by atoms with E-state index in [0.717, 1.165) is 11.3 Å². The van der Waals surface area contributed by atoms with E-state index in [1.54, 1.807) is 44.8 Å². The van der Waals surface area contributed by atoms with Gasteiger partial charge in [-0.3, -0.25) is 14.3 Å². The van der Waals surface area contributed by atoms with Crippen molar-refractivity contribution in [2.45, 2.75) is 24.9 Å². The second-order valence-electron chi connectivity index (χ2n) is 7.88. The van der Waals surface area contributed by atoms with Crippen LogP contribution in [-0.4, -0.2) is 45.5 Å². The average molecular weight is 475 g/mol. The molecule has 2 heterocycles. The lowest BCUT2D eigenvalue weighted by atomic mass is 10.0. The zero-order valence-electron chi connectivity index (χ0n) is 19.6. The van der Waals surface area contributed by atoms with E-state index in [1.165, 1.54) is 17.3 Å². The second-order valence-corrected chi connectivity index (χ2v) is 8.82. The van der Waals surface area contributed by atoms with Gasteiger partial charge in [0, 0.05) is 23.5 Å². The van der Waals surface area contributed by atoms with Crippen LogP contribution in [0.3, 0.4) is 0 Å². The minimum absolute atomic E-state index is 0.0411. The van der Waals surface area contributed by atoms with E-state index in [4.69, 9.17) is 9.47 Å². The summed E-state index contributed by atoms with van der Waals surface area (Å²) < 4.78 is 12.6. The molecular weight excluding hydrogens is 448 g/mol. The molecule has 0 unspecified atom stereocenters. The number of Topliss-reactive ketones (excluding diaryl/α,β-unsaturated/α-hetero) is 1. The quantitative estimate of drug-likeness (QED) is 0.236. The van der Waals surface area contributed by atoms with Gasteiger partial charge in [-0.05, 0) is 47.9 Å². The maximum Gasteiger partial charge on any atom is 0.196 e. The third-order valence-corrected chi connectivity index (χ3v) is 6.32. The highest BCUT2D eigenvalue weighted by molar-refractivity contribution is 7.99. The summed E-state index contributed by atoms with van der Waals surface area (Å²) in [4.78, 5) is 17.2. The van der Waals surface area contributed by atoms with Crippen molar-refractivity contribution in [1.82, 2.24) is 19.7 Å². The highest BCUT2D eigenvalue weighted by Gasteiger charge is 2.21. The van der Waals surface area contributed by atoms with Crippen molar-refractivity contribution >= 4 is 17.5 Å². The lowest BCUT2D eigenvalue weighted by Gasteiger charge is -2.16. The number of hydrogen-bond donors (Lipinski definition) is 0. The summed E-state index contributed by atoms with van der Waals surface area (Å²) in [6.07, 6.45) is 3.49. The number of rotatable bonds is 9. The summed E-state index contributed by atoms with van der Waals surface area (Å²) in [5, 5.41) is 9.56. The van der Waals surface area contributed by atoms with Crippen molar-refractivity contribution in [3.63, 3.8) is 0 Å². The fourth-order valence-corrected chi connectivity index (χ4v) is 4.50. The largest absolute Gasteiger partial charge is 0.493 e. The van der Waals surface area contributed by atoms with E-state index in [0.29, 0.717) is 34.0 Å². The molecule has 0 spiro atoms. The van der Waals surface area contributed by atoms with Gasteiger partial charge in [-0.15, -0.1) is 10.2 Å². The van der Waals surface area contributed by atoms with Crippen LogP contribution in [0, 0.1) is 0 Å². The van der Waals surface area contributed by atoms with Gasteiger partial charge in [0.25, 0.3) is 0 Å². The van der Waals surface area contributed by atoms with Crippen molar-refractivity contribution in [2.24, 2.45) is 0 Å². The highest BCUT2D eigenvalue weighted by Crippen LogP contribution is 2.33. The molecule has 0 atom stereocenters. The molecular formula is C26H26N4O3S. The SMILES string of the molecule is COc1ccc(C(=O)CSc2nnc(-c3cccnc3)n2-c2ccccc2C(C)C)cc1OC. The first-order valence-electron chi connectivity index (χ1n) is 10.9. The number of ketones is 1. The Hall–Kier alpha value is -3.65. The van der Waals surface area contributed by atoms with Crippen LogP contribution in [0.15, 0.2) is 72.1 Å². The number of carbonyl (C=O) groups excluding carboxylic acids is 1. The first-order valence-corrected chi connectivity index (χ1v) is 11.8. The number of nitrogens with zero attached hydrogens (tertiary/aromatic N) is 4. The zero-order chi connectivity index (χ0) is 24.1. The van der Waals surface area contributed by atoms with Crippen LogP contribution in [0.25, 0.3) is 17.1 Å². The monoisotopic (exact) mass is 474 g/mol. The van der Waals surface area contributed by atoms with Gasteiger partial charge in [0.2, 0.25) is 0 Å². The van der Waals surface area contributed by atoms with Gasteiger partial charge in [0.15, 0.2) is 28.3 Å². The Bertz CT molecular complexity index is 1290. The minimum atomic E-state index is -0.0411. The molecule has 2 aromatic carbocycles. The number of aromatic nitrogens is 4. The van der Waals surface area contributed by atoms with E-state index in [-0.39, 0.29) is 11.5 Å². The summed E-state index contributed by atoms with van der Waals surface area (Å²) in [6.45, 7) is 4.31. The summed E-state index contributed by atoms with van der Waals surface area (Å²) in [6, 6.07) is 17.2. The van der Waals surface area contributed by atoms with Gasteiger partial charge in [0.05, 0.1) is 25.7 Å². The van der Waals surface area contributed by atoms with Crippen LogP contribution in [0.1, 0.15) is 35.7 Å². The predicted octanol–water partition coefficient (Wildman–Crippen LogP) is 5.44. The van der Waals surface area contributed by atoms with E-state index >= 15 is 0 Å². The van der Waals surface area contributed by atoms with Gasteiger partial charge in [-0.2, -0.15) is 0 Å². The summed E-state index contributed by atoms with van der Waals surface area (Å²) in [5.74, 6) is 2.24. The number of thioether (sulfide) groups is 1. The Kier molecular flexibility index (Phi) is 7.27. The zero-order valence-corrected chi connectivity index (χ0v) is 20.4. The molecule has 0 saturated heterocycles. The normalized spacial score (nSPS) is 11.0. The number of pyridine rings is 1. The van der Waals surface area contributed by atoms with Crippen molar-refractivity contribution < 1.29 is 14.3 Å². The van der Waals surface area contributed by atoms with Crippen molar-refractivity contribution in [1.29, 1.82) is 0 Å². The summed E-state index contributed by atoms with van der Waals surface area (Å²) in [7, 11) is 3.12. The molecule has 2 aromatic heterocycles. The molecule has 4 rings (SSSR count). The molecule has 8 heteroatoms. The van der Waals surface area contributed by atoms with Crippen LogP contribution >= 0.6 is 11.8 Å². The van der Waals surface area contributed by atoms with Crippen LogP contribution in [0.4, 0.5) is 0 Å². The molecule has 0 aliphatic heterocycles. The Balaban J connectivity index is 1.69.